The van der Waals surface area contributed by atoms with Gasteiger partial charge in [0.2, 0.25) is 0 Å². The van der Waals surface area contributed by atoms with E-state index in [2.05, 4.69) is 10.2 Å². The number of aromatic amines is 1. The molecule has 8 heteroatoms. The molecule has 1 unspecified atom stereocenters. The van der Waals surface area contributed by atoms with Crippen LogP contribution in [0.3, 0.4) is 0 Å². The number of hydrogen-bond donors (Lipinski definition) is 2. The van der Waals surface area contributed by atoms with Crippen LogP contribution in [0, 0.1) is 0 Å². The molecular weight excluding hydrogens is 396 g/mol. The third-order valence-corrected chi connectivity index (χ3v) is 5.60. The predicted molar refractivity (Wildman–Crippen MR) is 117 cm³/mol. The lowest BCUT2D eigenvalue weighted by Gasteiger charge is -2.28. The molecular formula is C23H26N4O4. The van der Waals surface area contributed by atoms with E-state index in [0.29, 0.717) is 25.3 Å². The molecule has 8 nitrogen and oxygen atoms in total. The van der Waals surface area contributed by atoms with Crippen molar-refractivity contribution in [2.75, 3.05) is 38.8 Å². The molecule has 1 aliphatic rings. The van der Waals surface area contributed by atoms with Gasteiger partial charge in [0, 0.05) is 48.8 Å². The van der Waals surface area contributed by atoms with Crippen LogP contribution in [0.2, 0.25) is 0 Å². The summed E-state index contributed by atoms with van der Waals surface area (Å²) in [5.74, 6) is 1.40. The number of aliphatic hydroxyl groups excluding tert-OH is 1. The number of nitrogens with zero attached hydrogens (tertiary/aromatic N) is 3. The van der Waals surface area contributed by atoms with Crippen LogP contribution < -0.4 is 14.4 Å². The quantitative estimate of drug-likeness (QED) is 0.580. The highest BCUT2D eigenvalue weighted by Crippen LogP contribution is 2.36. The third-order valence-electron chi connectivity index (χ3n) is 5.60. The minimum absolute atomic E-state index is 0.0150. The molecule has 31 heavy (non-hydrogen) atoms. The number of hydrogen-bond acceptors (Lipinski definition) is 5. The maximum absolute atomic E-state index is 13.3. The van der Waals surface area contributed by atoms with Crippen LogP contribution in [0.15, 0.2) is 54.9 Å². The molecule has 1 saturated heterocycles. The van der Waals surface area contributed by atoms with Gasteiger partial charge in [-0.15, -0.1) is 0 Å². The lowest BCUT2D eigenvalue weighted by atomic mass is 10.0. The van der Waals surface area contributed by atoms with Crippen LogP contribution >= 0.6 is 0 Å². The molecule has 1 aromatic heterocycles. The number of anilines is 1. The minimum Gasteiger partial charge on any atom is -0.497 e. The first-order valence-electron chi connectivity index (χ1n) is 10.2. The molecule has 1 fully saturated rings. The van der Waals surface area contributed by atoms with Gasteiger partial charge in [0.1, 0.15) is 11.5 Å². The molecule has 0 aliphatic carbocycles. The van der Waals surface area contributed by atoms with Gasteiger partial charge in [-0.05, 0) is 36.2 Å². The molecule has 1 aliphatic heterocycles. The SMILES string of the molecule is COc1cccc(C(CCO)N2CCN(c3ccc(-c4cn[nH]c4)c(OC)c3)C2=O)c1. The zero-order chi connectivity index (χ0) is 21.8. The highest BCUT2D eigenvalue weighted by molar-refractivity contribution is 5.95. The number of rotatable bonds is 8. The van der Waals surface area contributed by atoms with Crippen molar-refractivity contribution in [3.05, 3.63) is 60.4 Å². The predicted octanol–water partition coefficient (Wildman–Crippen LogP) is 3.46. The Morgan fingerprint density at radius 1 is 1.16 bits per heavy atom. The van der Waals surface area contributed by atoms with Gasteiger partial charge in [0.15, 0.2) is 0 Å². The molecule has 162 valence electrons. The second-order valence-electron chi connectivity index (χ2n) is 7.30. The van der Waals surface area contributed by atoms with Crippen molar-refractivity contribution < 1.29 is 19.4 Å². The van der Waals surface area contributed by atoms with E-state index in [9.17, 15) is 9.90 Å². The van der Waals surface area contributed by atoms with Crippen LogP contribution in [0.1, 0.15) is 18.0 Å². The Bertz CT molecular complexity index is 1040. The molecule has 0 spiro atoms. The summed E-state index contributed by atoms with van der Waals surface area (Å²) in [6.45, 7) is 1.10. The Morgan fingerprint density at radius 2 is 2.03 bits per heavy atom. The monoisotopic (exact) mass is 422 g/mol. The van der Waals surface area contributed by atoms with Gasteiger partial charge >= 0.3 is 6.03 Å². The Labute approximate surface area is 181 Å². The summed E-state index contributed by atoms with van der Waals surface area (Å²) in [6, 6.07) is 13.0. The smallest absolute Gasteiger partial charge is 0.325 e. The van der Waals surface area contributed by atoms with E-state index in [1.807, 2.05) is 47.4 Å². The van der Waals surface area contributed by atoms with Gasteiger partial charge in [-0.2, -0.15) is 5.10 Å². The number of aliphatic hydroxyl groups is 1. The first-order valence-corrected chi connectivity index (χ1v) is 10.2. The fraction of sp³-hybridized carbons (Fsp3) is 0.304. The Morgan fingerprint density at radius 3 is 2.74 bits per heavy atom. The summed E-state index contributed by atoms with van der Waals surface area (Å²) in [4.78, 5) is 16.9. The zero-order valence-electron chi connectivity index (χ0n) is 17.6. The van der Waals surface area contributed by atoms with Crippen molar-refractivity contribution in [2.24, 2.45) is 0 Å². The molecule has 2 aromatic carbocycles. The van der Waals surface area contributed by atoms with Crippen molar-refractivity contribution in [3.8, 4) is 22.6 Å². The van der Waals surface area contributed by atoms with Crippen molar-refractivity contribution >= 4 is 11.7 Å². The number of urea groups is 1. The molecule has 3 aromatic rings. The van der Waals surface area contributed by atoms with Crippen molar-refractivity contribution in [1.82, 2.24) is 15.1 Å². The molecule has 0 radical (unpaired) electrons. The zero-order valence-corrected chi connectivity index (χ0v) is 17.6. The van der Waals surface area contributed by atoms with Gasteiger partial charge in [-0.25, -0.2) is 4.79 Å². The fourth-order valence-corrected chi connectivity index (χ4v) is 4.04. The van der Waals surface area contributed by atoms with Gasteiger partial charge in [-0.3, -0.25) is 10.00 Å². The molecule has 2 N–H and O–H groups in total. The van der Waals surface area contributed by atoms with Crippen molar-refractivity contribution in [2.45, 2.75) is 12.5 Å². The lowest BCUT2D eigenvalue weighted by molar-refractivity contribution is 0.179. The molecule has 2 heterocycles. The highest BCUT2D eigenvalue weighted by Gasteiger charge is 2.35. The van der Waals surface area contributed by atoms with Gasteiger partial charge < -0.3 is 19.5 Å². The maximum Gasteiger partial charge on any atom is 0.325 e. The summed E-state index contributed by atoms with van der Waals surface area (Å²) >= 11 is 0. The van der Waals surface area contributed by atoms with Crippen LogP contribution in [0.25, 0.3) is 11.1 Å². The summed E-state index contributed by atoms with van der Waals surface area (Å²) in [6.07, 6.45) is 3.98. The summed E-state index contributed by atoms with van der Waals surface area (Å²) in [7, 11) is 3.23. The third kappa shape index (κ3) is 4.06. The van der Waals surface area contributed by atoms with E-state index in [0.717, 1.165) is 28.1 Å². The Hall–Kier alpha value is -3.52. The van der Waals surface area contributed by atoms with Gasteiger partial charge in [-0.1, -0.05) is 12.1 Å². The summed E-state index contributed by atoms with van der Waals surface area (Å²) in [5.41, 5.74) is 3.53. The number of carbonyl (C=O) groups excluding carboxylic acids is 1. The van der Waals surface area contributed by atoms with E-state index >= 15 is 0 Å². The number of carbonyl (C=O) groups is 1. The molecule has 4 rings (SSSR count). The van der Waals surface area contributed by atoms with Crippen LogP contribution in [0.4, 0.5) is 10.5 Å². The number of methoxy groups -OCH3 is 2. The maximum atomic E-state index is 13.3. The summed E-state index contributed by atoms with van der Waals surface area (Å²) in [5, 5.41) is 16.4. The number of amides is 2. The van der Waals surface area contributed by atoms with Crippen LogP contribution in [0.5, 0.6) is 11.5 Å². The Kier molecular flexibility index (Phi) is 6.08. The van der Waals surface area contributed by atoms with E-state index in [-0.39, 0.29) is 18.7 Å². The van der Waals surface area contributed by atoms with Crippen LogP contribution in [-0.2, 0) is 0 Å². The second kappa shape index (κ2) is 9.09. The van der Waals surface area contributed by atoms with E-state index < -0.39 is 0 Å². The first-order chi connectivity index (χ1) is 15.2. The second-order valence-corrected chi connectivity index (χ2v) is 7.30. The van der Waals surface area contributed by atoms with Crippen molar-refractivity contribution in [1.29, 1.82) is 0 Å². The first kappa shape index (κ1) is 20.7. The van der Waals surface area contributed by atoms with E-state index in [1.165, 1.54) is 0 Å². The number of ether oxygens (including phenoxy) is 2. The molecule has 1 atom stereocenters. The average molecular weight is 422 g/mol. The van der Waals surface area contributed by atoms with E-state index in [4.69, 9.17) is 9.47 Å². The van der Waals surface area contributed by atoms with E-state index in [1.54, 1.807) is 31.5 Å². The molecule has 0 saturated carbocycles. The lowest BCUT2D eigenvalue weighted by Crippen LogP contribution is -2.35. The topological polar surface area (TPSA) is 90.9 Å². The molecule has 2 amide bonds. The molecule has 0 bridgehead atoms. The van der Waals surface area contributed by atoms with Gasteiger partial charge in [0.05, 0.1) is 26.5 Å². The number of nitrogens with one attached hydrogen (secondary N) is 1. The highest BCUT2D eigenvalue weighted by atomic mass is 16.5. The summed E-state index contributed by atoms with van der Waals surface area (Å²) < 4.78 is 10.9. The minimum atomic E-state index is -0.232. The number of H-pyrrole nitrogens is 1. The standard InChI is InChI=1S/C23H26N4O4/c1-30-19-5-3-4-16(12-19)21(8-11-28)27-10-9-26(23(27)29)18-6-7-20(22(13-18)31-2)17-14-24-25-15-17/h3-7,12-15,21,28H,8-11H2,1-2H3,(H,24,25). The normalized spacial score (nSPS) is 14.7. The van der Waals surface area contributed by atoms with Gasteiger partial charge in [0.25, 0.3) is 0 Å². The van der Waals surface area contributed by atoms with Crippen molar-refractivity contribution in [3.63, 3.8) is 0 Å². The van der Waals surface area contributed by atoms with Crippen LogP contribution in [-0.4, -0.2) is 60.2 Å². The average Bonchev–Trinajstić information content (AvgIpc) is 3.47. The fourth-order valence-electron chi connectivity index (χ4n) is 4.04. The largest absolute Gasteiger partial charge is 0.497 e. The Balaban J connectivity index is 1.60. The number of aromatic nitrogens is 2. The number of benzene rings is 2.